The quantitative estimate of drug-likeness (QED) is 0.0497. The minimum atomic E-state index is -0.963. The van der Waals surface area contributed by atoms with Gasteiger partial charge >= 0.3 is 11.9 Å². The van der Waals surface area contributed by atoms with Crippen LogP contribution in [0.3, 0.4) is 0 Å². The fraction of sp³-hybridized carbons (Fsp3) is 0.356. The number of hydrogen-bond acceptors (Lipinski definition) is 9. The number of carboxylic acid groups (broad SMARTS) is 1. The Kier molecular flexibility index (Phi) is 25.9. The molecule has 4 aromatic carbocycles. The normalized spacial score (nSPS) is 13.4. The van der Waals surface area contributed by atoms with Gasteiger partial charge in [-0.05, 0) is 153 Å². The summed E-state index contributed by atoms with van der Waals surface area (Å²) in [6.07, 6.45) is 4.50. The number of nitrogens with one attached hydrogen (secondary N) is 6. The summed E-state index contributed by atoms with van der Waals surface area (Å²) in [7, 11) is 1.39. The molecule has 0 unspecified atom stereocenters. The molecule has 2 saturated heterocycles. The van der Waals surface area contributed by atoms with Crippen molar-refractivity contribution in [3.05, 3.63) is 118 Å². The standard InChI is InChI=1S/C23H29N5O2.C22H28N4O2.2ClH.3H2O/c1-15(24)28-7-5-16(6-8-28)13-27-14-17-9-20(12-21(10-17)23(29)30)18-3-2-4-19(11-18)22(25)26;1-28-22(27)20-10-16(14-26-13-15-5-7-25-8-6-15)9-19(12-20)17-3-2-4-18(11-17)21(23)24;;;;;/h2-4,9-12,16,24,27H,5-8,13-14H2,1H3,(H3,25,26)(H,29,30);2-4,9-12,15,25-26H,5-8,13-14H2,1H3,(H3,23,24);2*1H;3*1H2. The zero-order valence-electron chi connectivity index (χ0n) is 35.8. The molecule has 2 aliphatic rings. The van der Waals surface area contributed by atoms with Crippen LogP contribution in [0.15, 0.2) is 84.9 Å². The van der Waals surface area contributed by atoms with Crippen molar-refractivity contribution in [3.63, 3.8) is 0 Å². The molecule has 2 fully saturated rings. The summed E-state index contributed by atoms with van der Waals surface area (Å²) >= 11 is 0. The molecule has 16 nitrogen and oxygen atoms in total. The first-order valence-electron chi connectivity index (χ1n) is 19.8. The van der Waals surface area contributed by atoms with E-state index in [-0.39, 0.29) is 64.4 Å². The van der Waals surface area contributed by atoms with E-state index in [4.69, 9.17) is 32.4 Å². The highest BCUT2D eigenvalue weighted by Crippen LogP contribution is 2.26. The van der Waals surface area contributed by atoms with Crippen molar-refractivity contribution in [3.8, 4) is 22.3 Å². The van der Waals surface area contributed by atoms with Crippen LogP contribution in [0.25, 0.3) is 22.3 Å². The van der Waals surface area contributed by atoms with Crippen LogP contribution in [-0.4, -0.2) is 102 Å². The second-order valence-corrected chi connectivity index (χ2v) is 15.1. The first-order chi connectivity index (χ1) is 27.9. The van der Waals surface area contributed by atoms with E-state index in [0.717, 1.165) is 85.5 Å². The van der Waals surface area contributed by atoms with Gasteiger partial charge in [-0.2, -0.15) is 0 Å². The highest BCUT2D eigenvalue weighted by Gasteiger charge is 2.19. The molecule has 346 valence electrons. The highest BCUT2D eigenvalue weighted by molar-refractivity contribution is 5.97. The van der Waals surface area contributed by atoms with E-state index >= 15 is 0 Å². The molecular formula is C45H65Cl2N9O7. The predicted octanol–water partition coefficient (Wildman–Crippen LogP) is 4.02. The Balaban J connectivity index is 0.00000113. The molecule has 0 spiro atoms. The number of halogens is 2. The maximum Gasteiger partial charge on any atom is 0.337 e. The lowest BCUT2D eigenvalue weighted by Crippen LogP contribution is -2.39. The maximum absolute atomic E-state index is 12.1. The zero-order chi connectivity index (χ0) is 41.6. The number of methoxy groups -OCH3 is 1. The number of amidine groups is 3. The second kappa shape index (κ2) is 28.3. The van der Waals surface area contributed by atoms with E-state index in [9.17, 15) is 14.7 Å². The number of ether oxygens (including phenoxy) is 1. The third-order valence-electron chi connectivity index (χ3n) is 10.7. The van der Waals surface area contributed by atoms with Crippen molar-refractivity contribution in [1.82, 2.24) is 20.9 Å². The molecule has 2 heterocycles. The number of aromatic carboxylic acids is 1. The first kappa shape index (κ1) is 57.6. The van der Waals surface area contributed by atoms with Crippen LogP contribution in [0.1, 0.15) is 75.6 Å². The molecule has 0 bridgehead atoms. The Morgan fingerprint density at radius 3 is 1.54 bits per heavy atom. The first-order valence-corrected chi connectivity index (χ1v) is 19.8. The van der Waals surface area contributed by atoms with E-state index in [2.05, 4.69) is 26.9 Å². The maximum atomic E-state index is 12.1. The number of rotatable bonds is 14. The number of hydrogen-bond donors (Lipinski definition) is 9. The summed E-state index contributed by atoms with van der Waals surface area (Å²) in [5, 5.41) is 42.9. The van der Waals surface area contributed by atoms with E-state index < -0.39 is 5.97 Å². The minimum Gasteiger partial charge on any atom is -0.478 e. The van der Waals surface area contributed by atoms with E-state index in [1.165, 1.54) is 20.0 Å². The van der Waals surface area contributed by atoms with Crippen LogP contribution in [0, 0.1) is 28.1 Å². The van der Waals surface area contributed by atoms with Crippen LogP contribution in [0.5, 0.6) is 0 Å². The van der Waals surface area contributed by atoms with Gasteiger partial charge in [-0.3, -0.25) is 16.2 Å². The van der Waals surface area contributed by atoms with Gasteiger partial charge in [0.25, 0.3) is 0 Å². The van der Waals surface area contributed by atoms with Crippen LogP contribution < -0.4 is 27.4 Å². The second-order valence-electron chi connectivity index (χ2n) is 15.1. The number of carboxylic acids is 1. The van der Waals surface area contributed by atoms with E-state index in [1.54, 1.807) is 30.3 Å². The topological polar surface area (TPSA) is 321 Å². The Hall–Kier alpha value is -5.43. The molecule has 2 aliphatic heterocycles. The number of nitrogens with zero attached hydrogens (tertiary/aromatic N) is 1. The number of piperidine rings is 2. The van der Waals surface area contributed by atoms with Crippen molar-refractivity contribution in [2.45, 2.75) is 45.7 Å². The average molecular weight is 915 g/mol. The minimum absolute atomic E-state index is 0. The molecule has 0 amide bonds. The average Bonchev–Trinajstić information content (AvgIpc) is 3.24. The lowest BCUT2D eigenvalue weighted by atomic mass is 9.96. The summed E-state index contributed by atoms with van der Waals surface area (Å²) in [6.45, 7) is 8.97. The monoisotopic (exact) mass is 913 g/mol. The smallest absolute Gasteiger partial charge is 0.337 e. The number of esters is 1. The van der Waals surface area contributed by atoms with Crippen molar-refractivity contribution >= 4 is 54.3 Å². The van der Waals surface area contributed by atoms with Gasteiger partial charge in [0.2, 0.25) is 0 Å². The van der Waals surface area contributed by atoms with Gasteiger partial charge in [-0.1, -0.05) is 36.4 Å². The van der Waals surface area contributed by atoms with Crippen LogP contribution in [0.2, 0.25) is 0 Å². The van der Waals surface area contributed by atoms with Gasteiger partial charge in [0.15, 0.2) is 0 Å². The van der Waals surface area contributed by atoms with Gasteiger partial charge in [0, 0.05) is 37.3 Å². The molecule has 0 aliphatic carbocycles. The van der Waals surface area contributed by atoms with Crippen molar-refractivity contribution < 1.29 is 35.9 Å². The SMILES string of the molecule is CC(=N)N1CCC(CNCc2cc(C(=O)O)cc(-c3cccc(C(=N)N)c3)c2)CC1.COC(=O)c1cc(CNCC2CCNCC2)cc(-c2cccc(C(=N)N)c2)c1.Cl.Cl.O.O.O. The summed E-state index contributed by atoms with van der Waals surface area (Å²) in [4.78, 5) is 25.9. The number of nitrogen functional groups attached to an aromatic ring is 2. The molecule has 18 heteroatoms. The largest absolute Gasteiger partial charge is 0.478 e. The Labute approximate surface area is 381 Å². The third-order valence-corrected chi connectivity index (χ3v) is 10.7. The number of likely N-dealkylation sites (tertiary alicyclic amines) is 1. The fourth-order valence-electron chi connectivity index (χ4n) is 7.41. The molecule has 0 aromatic heterocycles. The Bertz CT molecular complexity index is 2110. The molecular weight excluding hydrogens is 849 g/mol. The van der Waals surface area contributed by atoms with E-state index in [0.29, 0.717) is 47.5 Å². The molecule has 0 radical (unpaired) electrons. The van der Waals surface area contributed by atoms with Crippen LogP contribution >= 0.6 is 24.8 Å². The van der Waals surface area contributed by atoms with Crippen molar-refractivity contribution in [2.75, 3.05) is 46.4 Å². The molecule has 6 rings (SSSR count). The molecule has 0 atom stereocenters. The molecule has 0 saturated carbocycles. The lowest BCUT2D eigenvalue weighted by Gasteiger charge is -2.32. The number of carbonyl (C=O) groups excluding carboxylic acids is 1. The van der Waals surface area contributed by atoms with Gasteiger partial charge in [0.1, 0.15) is 11.7 Å². The number of carbonyl (C=O) groups is 2. The Morgan fingerprint density at radius 1 is 0.683 bits per heavy atom. The summed E-state index contributed by atoms with van der Waals surface area (Å²) in [5.74, 6) is 0.576. The lowest BCUT2D eigenvalue weighted by molar-refractivity contribution is 0.0599. The summed E-state index contributed by atoms with van der Waals surface area (Å²) in [6, 6.07) is 25.9. The Morgan fingerprint density at radius 2 is 1.11 bits per heavy atom. The van der Waals surface area contributed by atoms with Gasteiger partial charge in [0.05, 0.1) is 24.1 Å². The number of nitrogens with two attached hydrogens (primary N) is 2. The number of benzene rings is 4. The highest BCUT2D eigenvalue weighted by atomic mass is 35.5. The summed E-state index contributed by atoms with van der Waals surface area (Å²) in [5.41, 5.74) is 18.6. The molecule has 17 N–H and O–H groups in total. The molecule has 63 heavy (non-hydrogen) atoms. The van der Waals surface area contributed by atoms with Crippen molar-refractivity contribution in [1.29, 1.82) is 16.2 Å². The van der Waals surface area contributed by atoms with Crippen LogP contribution in [0.4, 0.5) is 0 Å². The van der Waals surface area contributed by atoms with Gasteiger partial charge < -0.3 is 58.6 Å². The van der Waals surface area contributed by atoms with Gasteiger partial charge in [-0.25, -0.2) is 9.59 Å². The van der Waals surface area contributed by atoms with Crippen LogP contribution in [-0.2, 0) is 17.8 Å². The third kappa shape index (κ3) is 17.3. The van der Waals surface area contributed by atoms with Gasteiger partial charge in [-0.15, -0.1) is 24.8 Å². The zero-order valence-corrected chi connectivity index (χ0v) is 37.4. The van der Waals surface area contributed by atoms with E-state index in [1.807, 2.05) is 55.5 Å². The fourth-order valence-corrected chi connectivity index (χ4v) is 7.41. The molecule has 4 aromatic rings. The summed E-state index contributed by atoms with van der Waals surface area (Å²) < 4.78 is 4.92. The predicted molar refractivity (Wildman–Crippen MR) is 256 cm³/mol. The van der Waals surface area contributed by atoms with Crippen molar-refractivity contribution in [2.24, 2.45) is 23.3 Å².